The summed E-state index contributed by atoms with van der Waals surface area (Å²) in [4.78, 5) is 38.3. The molecular formula is C21H28N4O4. The lowest BCUT2D eigenvalue weighted by atomic mass is 10.0. The van der Waals surface area contributed by atoms with Crippen LogP contribution in [0.15, 0.2) is 18.2 Å². The summed E-state index contributed by atoms with van der Waals surface area (Å²) in [5, 5.41) is 9.13. The molecule has 3 amide bonds. The van der Waals surface area contributed by atoms with Gasteiger partial charge in [-0.05, 0) is 31.4 Å². The van der Waals surface area contributed by atoms with Gasteiger partial charge in [-0.15, -0.1) is 0 Å². The molecule has 3 aliphatic heterocycles. The highest BCUT2D eigenvalue weighted by molar-refractivity contribution is 6.05. The molecule has 2 fully saturated rings. The number of rotatable bonds is 5. The highest BCUT2D eigenvalue weighted by Gasteiger charge is 2.40. The van der Waals surface area contributed by atoms with Crippen LogP contribution in [0.25, 0.3) is 0 Å². The Labute approximate surface area is 170 Å². The van der Waals surface area contributed by atoms with Crippen molar-refractivity contribution < 1.29 is 19.1 Å². The Morgan fingerprint density at radius 3 is 2.86 bits per heavy atom. The molecule has 156 valence electrons. The minimum Gasteiger partial charge on any atom is -0.368 e. The van der Waals surface area contributed by atoms with Gasteiger partial charge in [0.05, 0.1) is 11.7 Å². The second-order valence-electron chi connectivity index (χ2n) is 8.61. The van der Waals surface area contributed by atoms with Gasteiger partial charge in [-0.1, -0.05) is 18.2 Å². The fraction of sp³-hybridized carbons (Fsp3) is 0.571. The number of carbonyl (C=O) groups is 3. The number of ether oxygens (including phenoxy) is 1. The first-order valence-corrected chi connectivity index (χ1v) is 10.2. The quantitative estimate of drug-likeness (QED) is 0.615. The highest BCUT2D eigenvalue weighted by Crippen LogP contribution is 2.29. The third kappa shape index (κ3) is 4.19. The summed E-state index contributed by atoms with van der Waals surface area (Å²) in [5.41, 5.74) is 2.34. The van der Waals surface area contributed by atoms with Gasteiger partial charge < -0.3 is 20.3 Å². The molecule has 1 aromatic rings. The van der Waals surface area contributed by atoms with E-state index >= 15 is 0 Å². The number of piperidine rings is 1. The molecule has 1 unspecified atom stereocenters. The Balaban J connectivity index is 1.41. The van der Waals surface area contributed by atoms with Crippen molar-refractivity contribution in [1.29, 1.82) is 0 Å². The van der Waals surface area contributed by atoms with Gasteiger partial charge in [0.1, 0.15) is 6.04 Å². The fourth-order valence-electron chi connectivity index (χ4n) is 4.39. The summed E-state index contributed by atoms with van der Waals surface area (Å²) in [5.74, 6) is -0.793. The van der Waals surface area contributed by atoms with Crippen LogP contribution in [0.5, 0.6) is 0 Å². The Morgan fingerprint density at radius 2 is 2.10 bits per heavy atom. The number of carbonyl (C=O) groups excluding carboxylic acids is 3. The van der Waals surface area contributed by atoms with Crippen LogP contribution < -0.4 is 16.0 Å². The standard InChI is InChI=1S/C21H28N4O4/c1-21(2)12-23-10-15(29-21)9-22-8-13-4-3-5-14-11-25(20(28)18(13)14)16-6-7-17(26)24-19(16)27/h3-5,15-16,22-23H,6-12H2,1-2H3,(H,24,26,27)/t15-,16?/m1/s1. The molecule has 8 heteroatoms. The van der Waals surface area contributed by atoms with Crippen LogP contribution in [-0.2, 0) is 27.4 Å². The minimum atomic E-state index is -0.586. The monoisotopic (exact) mass is 400 g/mol. The van der Waals surface area contributed by atoms with Crippen LogP contribution in [-0.4, -0.2) is 60.0 Å². The van der Waals surface area contributed by atoms with Crippen molar-refractivity contribution in [2.24, 2.45) is 0 Å². The third-order valence-electron chi connectivity index (χ3n) is 5.73. The molecule has 2 atom stereocenters. The molecule has 0 aliphatic carbocycles. The van der Waals surface area contributed by atoms with Crippen LogP contribution in [0.1, 0.15) is 48.2 Å². The first-order chi connectivity index (χ1) is 13.8. The number of hydrogen-bond acceptors (Lipinski definition) is 6. The SMILES string of the molecule is CC1(C)CNC[C@@H](CNCc2cccc3c2C(=O)N(C2CCC(=O)NC2=O)C3)O1. The summed E-state index contributed by atoms with van der Waals surface area (Å²) in [7, 11) is 0. The van der Waals surface area contributed by atoms with E-state index in [-0.39, 0.29) is 35.8 Å². The summed E-state index contributed by atoms with van der Waals surface area (Å²) >= 11 is 0. The van der Waals surface area contributed by atoms with E-state index < -0.39 is 6.04 Å². The molecule has 1 aromatic carbocycles. The average Bonchev–Trinajstić information content (AvgIpc) is 2.98. The van der Waals surface area contributed by atoms with Gasteiger partial charge in [0.2, 0.25) is 11.8 Å². The molecular weight excluding hydrogens is 372 g/mol. The van der Waals surface area contributed by atoms with E-state index in [2.05, 4.69) is 29.8 Å². The first-order valence-electron chi connectivity index (χ1n) is 10.2. The number of morpholine rings is 1. The number of fused-ring (bicyclic) bond motifs is 1. The van der Waals surface area contributed by atoms with Gasteiger partial charge >= 0.3 is 0 Å². The number of imide groups is 1. The van der Waals surface area contributed by atoms with Crippen molar-refractivity contribution in [3.05, 3.63) is 34.9 Å². The third-order valence-corrected chi connectivity index (χ3v) is 5.73. The molecule has 0 spiro atoms. The fourth-order valence-corrected chi connectivity index (χ4v) is 4.39. The number of hydrogen-bond donors (Lipinski definition) is 3. The second kappa shape index (κ2) is 7.85. The molecule has 3 N–H and O–H groups in total. The largest absolute Gasteiger partial charge is 0.368 e. The maximum absolute atomic E-state index is 13.1. The highest BCUT2D eigenvalue weighted by atomic mass is 16.5. The van der Waals surface area contributed by atoms with Gasteiger partial charge in [-0.2, -0.15) is 0 Å². The van der Waals surface area contributed by atoms with Crippen molar-refractivity contribution in [3.63, 3.8) is 0 Å². The van der Waals surface area contributed by atoms with E-state index in [1.54, 1.807) is 4.90 Å². The number of nitrogens with zero attached hydrogens (tertiary/aromatic N) is 1. The smallest absolute Gasteiger partial charge is 0.255 e. The van der Waals surface area contributed by atoms with Gasteiger partial charge in [-0.25, -0.2) is 0 Å². The van der Waals surface area contributed by atoms with E-state index in [0.29, 0.717) is 31.6 Å². The lowest BCUT2D eigenvalue weighted by Crippen LogP contribution is -2.53. The average molecular weight is 400 g/mol. The summed E-state index contributed by atoms with van der Waals surface area (Å²) < 4.78 is 6.07. The Kier molecular flexibility index (Phi) is 5.42. The van der Waals surface area contributed by atoms with Crippen LogP contribution in [0.3, 0.4) is 0 Å². The van der Waals surface area contributed by atoms with Crippen LogP contribution in [0.2, 0.25) is 0 Å². The number of amides is 3. The minimum absolute atomic E-state index is 0.0752. The summed E-state index contributed by atoms with van der Waals surface area (Å²) in [6, 6.07) is 5.23. The molecule has 0 aromatic heterocycles. The number of benzene rings is 1. The van der Waals surface area contributed by atoms with Crippen molar-refractivity contribution >= 4 is 17.7 Å². The molecule has 0 bridgehead atoms. The van der Waals surface area contributed by atoms with E-state index in [9.17, 15) is 14.4 Å². The Bertz CT molecular complexity index is 838. The zero-order valence-electron chi connectivity index (χ0n) is 16.9. The predicted molar refractivity (Wildman–Crippen MR) is 106 cm³/mol. The van der Waals surface area contributed by atoms with Gasteiger partial charge in [0.15, 0.2) is 0 Å². The maximum Gasteiger partial charge on any atom is 0.255 e. The molecule has 3 aliphatic rings. The van der Waals surface area contributed by atoms with E-state index in [1.165, 1.54) is 0 Å². The predicted octanol–water partition coefficient (Wildman–Crippen LogP) is 0.304. The van der Waals surface area contributed by atoms with Crippen LogP contribution in [0, 0.1) is 0 Å². The molecule has 2 saturated heterocycles. The maximum atomic E-state index is 13.1. The second-order valence-corrected chi connectivity index (χ2v) is 8.61. The van der Waals surface area contributed by atoms with Crippen LogP contribution >= 0.6 is 0 Å². The first kappa shape index (κ1) is 20.0. The van der Waals surface area contributed by atoms with Crippen molar-refractivity contribution in [2.45, 2.75) is 57.5 Å². The van der Waals surface area contributed by atoms with Gasteiger partial charge in [0, 0.05) is 44.7 Å². The molecule has 0 saturated carbocycles. The zero-order chi connectivity index (χ0) is 20.6. The topological polar surface area (TPSA) is 99.8 Å². The zero-order valence-corrected chi connectivity index (χ0v) is 16.9. The lowest BCUT2D eigenvalue weighted by molar-refractivity contribution is -0.136. The van der Waals surface area contributed by atoms with E-state index in [4.69, 9.17) is 4.74 Å². The van der Waals surface area contributed by atoms with Crippen LogP contribution in [0.4, 0.5) is 0 Å². The summed E-state index contributed by atoms with van der Waals surface area (Å²) in [6.07, 6.45) is 0.711. The molecule has 29 heavy (non-hydrogen) atoms. The van der Waals surface area contributed by atoms with Crippen molar-refractivity contribution in [1.82, 2.24) is 20.9 Å². The van der Waals surface area contributed by atoms with Crippen molar-refractivity contribution in [3.8, 4) is 0 Å². The lowest BCUT2D eigenvalue weighted by Gasteiger charge is -2.36. The molecule has 3 heterocycles. The van der Waals surface area contributed by atoms with Gasteiger partial charge in [0.25, 0.3) is 5.91 Å². The van der Waals surface area contributed by atoms with Gasteiger partial charge in [-0.3, -0.25) is 19.7 Å². The van der Waals surface area contributed by atoms with E-state index in [0.717, 1.165) is 24.2 Å². The van der Waals surface area contributed by atoms with Crippen molar-refractivity contribution in [2.75, 3.05) is 19.6 Å². The molecule has 8 nitrogen and oxygen atoms in total. The molecule has 4 rings (SSSR count). The summed E-state index contributed by atoms with van der Waals surface area (Å²) in [6.45, 7) is 7.41. The normalized spacial score (nSPS) is 26.4. The Hall–Kier alpha value is -2.29. The molecule has 0 radical (unpaired) electrons. The van der Waals surface area contributed by atoms with E-state index in [1.807, 2.05) is 18.2 Å². The number of nitrogens with one attached hydrogen (secondary N) is 3. The Morgan fingerprint density at radius 1 is 1.28 bits per heavy atom.